The summed E-state index contributed by atoms with van der Waals surface area (Å²) in [5.74, 6) is 0.668. The van der Waals surface area contributed by atoms with E-state index in [0.717, 1.165) is 31.5 Å². The predicted octanol–water partition coefficient (Wildman–Crippen LogP) is 3.06. The Hall–Kier alpha value is -2.18. The zero-order chi connectivity index (χ0) is 19.7. The number of oxazole rings is 1. The number of aryl methyl sites for hydroxylation is 2. The fourth-order valence-corrected chi connectivity index (χ4v) is 4.89. The molecule has 0 bridgehead atoms. The lowest BCUT2D eigenvalue weighted by atomic mass is 9.72. The molecule has 1 amide bonds. The molecule has 6 heteroatoms. The average Bonchev–Trinajstić information content (AvgIpc) is 3.21. The van der Waals surface area contributed by atoms with E-state index < -0.39 is 0 Å². The highest BCUT2D eigenvalue weighted by atomic mass is 16.5. The molecular formula is C22H29N3O3. The van der Waals surface area contributed by atoms with Crippen LogP contribution in [0, 0.1) is 6.92 Å². The summed E-state index contributed by atoms with van der Waals surface area (Å²) in [7, 11) is 0. The summed E-state index contributed by atoms with van der Waals surface area (Å²) in [5, 5.41) is 6.68. The molecule has 2 N–H and O–H groups in total. The Balaban J connectivity index is 1.70. The molecule has 1 aliphatic carbocycles. The second-order valence-electron chi connectivity index (χ2n) is 7.70. The van der Waals surface area contributed by atoms with Crippen LogP contribution in [0.4, 0.5) is 0 Å². The fourth-order valence-electron chi connectivity index (χ4n) is 4.89. The Morgan fingerprint density at radius 2 is 2.07 bits per heavy atom. The molecule has 28 heavy (non-hydrogen) atoms. The molecule has 2 atom stereocenters. The SMILES string of the molecule is CCO[C@H]1[C@H](NC(=O)c2oc(CC)nc2C)c2ccccc2C12CCNCC2. The third-order valence-corrected chi connectivity index (χ3v) is 6.16. The fraction of sp³-hybridized carbons (Fsp3) is 0.545. The van der Waals surface area contributed by atoms with Crippen molar-refractivity contribution in [2.75, 3.05) is 19.7 Å². The van der Waals surface area contributed by atoms with E-state index in [2.05, 4.69) is 33.8 Å². The number of ether oxygens (including phenoxy) is 1. The summed E-state index contributed by atoms with van der Waals surface area (Å²) >= 11 is 0. The van der Waals surface area contributed by atoms with Gasteiger partial charge in [0.25, 0.3) is 5.91 Å². The lowest BCUT2D eigenvalue weighted by Crippen LogP contribution is -2.49. The highest BCUT2D eigenvalue weighted by molar-refractivity contribution is 5.93. The third kappa shape index (κ3) is 3.05. The van der Waals surface area contributed by atoms with Gasteiger partial charge in [-0.05, 0) is 50.9 Å². The molecule has 1 aromatic carbocycles. The van der Waals surface area contributed by atoms with Crippen molar-refractivity contribution < 1.29 is 13.9 Å². The van der Waals surface area contributed by atoms with Gasteiger partial charge in [-0.1, -0.05) is 31.2 Å². The quantitative estimate of drug-likeness (QED) is 0.830. The number of hydrogen-bond acceptors (Lipinski definition) is 5. The summed E-state index contributed by atoms with van der Waals surface area (Å²) in [5.41, 5.74) is 3.03. The molecule has 6 nitrogen and oxygen atoms in total. The normalized spacial score (nSPS) is 23.0. The van der Waals surface area contributed by atoms with Crippen molar-refractivity contribution >= 4 is 5.91 Å². The Kier molecular flexibility index (Phi) is 5.25. The molecule has 4 rings (SSSR count). The molecule has 1 spiro atoms. The Labute approximate surface area is 166 Å². The smallest absolute Gasteiger partial charge is 0.289 e. The molecule has 2 aliphatic rings. The number of aromatic nitrogens is 1. The number of benzene rings is 1. The Morgan fingerprint density at radius 3 is 2.75 bits per heavy atom. The highest BCUT2D eigenvalue weighted by Crippen LogP contribution is 2.51. The molecule has 1 aliphatic heterocycles. The van der Waals surface area contributed by atoms with Crippen molar-refractivity contribution in [3.8, 4) is 0 Å². The van der Waals surface area contributed by atoms with E-state index in [1.54, 1.807) is 0 Å². The molecule has 2 aromatic rings. The molecule has 1 fully saturated rings. The van der Waals surface area contributed by atoms with Crippen LogP contribution in [0.15, 0.2) is 28.7 Å². The highest BCUT2D eigenvalue weighted by Gasteiger charge is 2.53. The predicted molar refractivity (Wildman–Crippen MR) is 106 cm³/mol. The van der Waals surface area contributed by atoms with Gasteiger partial charge in [-0.25, -0.2) is 4.98 Å². The number of piperidine rings is 1. The van der Waals surface area contributed by atoms with Crippen LogP contribution in [0.1, 0.15) is 66.0 Å². The van der Waals surface area contributed by atoms with Gasteiger partial charge >= 0.3 is 0 Å². The van der Waals surface area contributed by atoms with Crippen molar-refractivity contribution in [1.29, 1.82) is 0 Å². The number of fused-ring (bicyclic) bond motifs is 2. The summed E-state index contributed by atoms with van der Waals surface area (Å²) in [6.45, 7) is 8.33. The van der Waals surface area contributed by atoms with Crippen LogP contribution in [0.5, 0.6) is 0 Å². The second-order valence-corrected chi connectivity index (χ2v) is 7.70. The molecule has 2 heterocycles. The Morgan fingerprint density at radius 1 is 1.32 bits per heavy atom. The van der Waals surface area contributed by atoms with Gasteiger partial charge in [-0.2, -0.15) is 0 Å². The molecule has 150 valence electrons. The molecular weight excluding hydrogens is 354 g/mol. The van der Waals surface area contributed by atoms with Crippen molar-refractivity contribution in [1.82, 2.24) is 15.6 Å². The van der Waals surface area contributed by atoms with E-state index in [0.29, 0.717) is 30.4 Å². The van der Waals surface area contributed by atoms with Crippen molar-refractivity contribution in [2.24, 2.45) is 0 Å². The lowest BCUT2D eigenvalue weighted by molar-refractivity contribution is -0.0209. The Bertz CT molecular complexity index is 854. The first-order chi connectivity index (χ1) is 13.6. The van der Waals surface area contributed by atoms with E-state index in [4.69, 9.17) is 9.15 Å². The first kappa shape index (κ1) is 19.2. The van der Waals surface area contributed by atoms with E-state index in [1.807, 2.05) is 26.8 Å². The van der Waals surface area contributed by atoms with Gasteiger partial charge in [0.1, 0.15) is 0 Å². The number of carbonyl (C=O) groups excluding carboxylic acids is 1. The van der Waals surface area contributed by atoms with E-state index >= 15 is 0 Å². The zero-order valence-corrected chi connectivity index (χ0v) is 16.9. The number of carbonyl (C=O) groups is 1. The van der Waals surface area contributed by atoms with Gasteiger partial charge in [0.2, 0.25) is 5.76 Å². The largest absolute Gasteiger partial charge is 0.435 e. The van der Waals surface area contributed by atoms with Crippen LogP contribution in [-0.2, 0) is 16.6 Å². The minimum atomic E-state index is -0.222. The number of rotatable bonds is 5. The first-order valence-corrected chi connectivity index (χ1v) is 10.3. The van der Waals surface area contributed by atoms with Crippen molar-refractivity contribution in [3.63, 3.8) is 0 Å². The summed E-state index contributed by atoms with van der Waals surface area (Å²) in [6.07, 6.45) is 2.58. The average molecular weight is 383 g/mol. The molecule has 0 radical (unpaired) electrons. The molecule has 1 aromatic heterocycles. The van der Waals surface area contributed by atoms with Gasteiger partial charge in [0.15, 0.2) is 5.89 Å². The number of hydrogen-bond donors (Lipinski definition) is 2. The maximum atomic E-state index is 13.1. The van der Waals surface area contributed by atoms with Gasteiger partial charge in [0, 0.05) is 18.4 Å². The van der Waals surface area contributed by atoms with Crippen LogP contribution in [0.3, 0.4) is 0 Å². The number of nitrogens with zero attached hydrogens (tertiary/aromatic N) is 1. The van der Waals surface area contributed by atoms with Gasteiger partial charge in [-0.3, -0.25) is 4.79 Å². The minimum Gasteiger partial charge on any atom is -0.435 e. The van der Waals surface area contributed by atoms with E-state index in [9.17, 15) is 4.79 Å². The maximum Gasteiger partial charge on any atom is 0.289 e. The maximum absolute atomic E-state index is 13.1. The summed E-state index contributed by atoms with van der Waals surface area (Å²) < 4.78 is 12.0. The lowest BCUT2D eigenvalue weighted by Gasteiger charge is -2.41. The van der Waals surface area contributed by atoms with Crippen LogP contribution < -0.4 is 10.6 Å². The number of nitrogens with one attached hydrogen (secondary N) is 2. The monoisotopic (exact) mass is 383 g/mol. The van der Waals surface area contributed by atoms with Crippen molar-refractivity contribution in [2.45, 2.75) is 57.6 Å². The van der Waals surface area contributed by atoms with Gasteiger partial charge in [0.05, 0.1) is 17.8 Å². The summed E-state index contributed by atoms with van der Waals surface area (Å²) in [4.78, 5) is 17.4. The van der Waals surface area contributed by atoms with Crippen LogP contribution in [-0.4, -0.2) is 36.7 Å². The molecule has 0 unspecified atom stereocenters. The van der Waals surface area contributed by atoms with Gasteiger partial charge < -0.3 is 19.8 Å². The number of amides is 1. The van der Waals surface area contributed by atoms with Crippen LogP contribution in [0.25, 0.3) is 0 Å². The van der Waals surface area contributed by atoms with Crippen molar-refractivity contribution in [3.05, 3.63) is 52.7 Å². The van der Waals surface area contributed by atoms with Gasteiger partial charge in [-0.15, -0.1) is 0 Å². The summed E-state index contributed by atoms with van der Waals surface area (Å²) in [6, 6.07) is 8.25. The van der Waals surface area contributed by atoms with Crippen LogP contribution in [0.2, 0.25) is 0 Å². The molecule has 0 saturated carbocycles. The topological polar surface area (TPSA) is 76.4 Å². The second kappa shape index (κ2) is 7.68. The standard InChI is InChI=1S/C22H29N3O3/c1-4-17-24-14(3)19(28-17)21(26)25-18-15-8-6-7-9-16(15)22(20(18)27-5-2)10-12-23-13-11-22/h6-9,18,20,23H,4-5,10-13H2,1-3H3,(H,25,26)/t18-,20+/m1/s1. The van der Waals surface area contributed by atoms with E-state index in [-0.39, 0.29) is 23.5 Å². The zero-order valence-electron chi connectivity index (χ0n) is 16.9. The third-order valence-electron chi connectivity index (χ3n) is 6.16. The minimum absolute atomic E-state index is 0.0686. The van der Waals surface area contributed by atoms with E-state index in [1.165, 1.54) is 5.56 Å². The first-order valence-electron chi connectivity index (χ1n) is 10.3. The molecule has 1 saturated heterocycles. The van der Waals surface area contributed by atoms with Crippen LogP contribution >= 0.6 is 0 Å².